The maximum atomic E-state index is 15.0. The highest BCUT2D eigenvalue weighted by molar-refractivity contribution is 7.99. The number of aromatic nitrogens is 4. The van der Waals surface area contributed by atoms with Crippen LogP contribution in [0.2, 0.25) is 0 Å². The zero-order chi connectivity index (χ0) is 22.6. The van der Waals surface area contributed by atoms with Gasteiger partial charge < -0.3 is 4.74 Å². The Balaban J connectivity index is 1.20. The summed E-state index contributed by atoms with van der Waals surface area (Å²) in [7, 11) is 0. The van der Waals surface area contributed by atoms with E-state index in [0.29, 0.717) is 41.7 Å². The average molecular weight is 463 g/mol. The Kier molecular flexibility index (Phi) is 4.62. The molecule has 33 heavy (non-hydrogen) atoms. The predicted molar refractivity (Wildman–Crippen MR) is 119 cm³/mol. The summed E-state index contributed by atoms with van der Waals surface area (Å²) in [6, 6.07) is 10.8. The van der Waals surface area contributed by atoms with E-state index in [9.17, 15) is 10.1 Å². The van der Waals surface area contributed by atoms with Gasteiger partial charge in [-0.25, -0.2) is 13.9 Å². The van der Waals surface area contributed by atoms with E-state index < -0.39 is 23.4 Å². The SMILES string of the molecule is N#C[C@]1(c2ccc(-c3ccc(N4C[C@H](Cn5ccnn5)OC4=O)cc3F)cn2)[C@@H]2CSC[C@@H]21. The highest BCUT2D eigenvalue weighted by Gasteiger charge is 2.69. The molecule has 1 saturated carbocycles. The molecule has 3 aliphatic rings. The van der Waals surface area contributed by atoms with E-state index >= 15 is 4.39 Å². The number of benzene rings is 1. The summed E-state index contributed by atoms with van der Waals surface area (Å²) < 4.78 is 22.0. The van der Waals surface area contributed by atoms with Crippen molar-refractivity contribution >= 4 is 23.5 Å². The molecule has 2 saturated heterocycles. The molecule has 10 heteroatoms. The lowest BCUT2D eigenvalue weighted by Gasteiger charge is -2.15. The maximum absolute atomic E-state index is 15.0. The summed E-state index contributed by atoms with van der Waals surface area (Å²) in [6.45, 7) is 0.677. The number of nitriles is 1. The Morgan fingerprint density at radius 2 is 2.12 bits per heavy atom. The van der Waals surface area contributed by atoms with E-state index in [-0.39, 0.29) is 0 Å². The van der Waals surface area contributed by atoms with Gasteiger partial charge in [0.2, 0.25) is 0 Å². The summed E-state index contributed by atoms with van der Waals surface area (Å²) in [6.07, 6.45) is 3.96. The average Bonchev–Trinajstić information content (AvgIpc) is 3.35. The van der Waals surface area contributed by atoms with Crippen molar-refractivity contribution in [3.63, 3.8) is 0 Å². The molecule has 0 N–H and O–H groups in total. The van der Waals surface area contributed by atoms with Gasteiger partial charge >= 0.3 is 6.09 Å². The maximum Gasteiger partial charge on any atom is 0.414 e. The number of thioether (sulfide) groups is 1. The third kappa shape index (κ3) is 3.18. The van der Waals surface area contributed by atoms with Gasteiger partial charge in [0.1, 0.15) is 17.3 Å². The van der Waals surface area contributed by atoms with Crippen LogP contribution < -0.4 is 4.90 Å². The summed E-state index contributed by atoms with van der Waals surface area (Å²) in [5, 5.41) is 17.4. The number of hydrogen-bond donors (Lipinski definition) is 0. The van der Waals surface area contributed by atoms with Crippen molar-refractivity contribution in [2.45, 2.75) is 18.1 Å². The smallest absolute Gasteiger partial charge is 0.414 e. The van der Waals surface area contributed by atoms with Crippen molar-refractivity contribution < 1.29 is 13.9 Å². The van der Waals surface area contributed by atoms with Crippen molar-refractivity contribution in [1.29, 1.82) is 5.26 Å². The highest BCUT2D eigenvalue weighted by Crippen LogP contribution is 2.65. The molecular weight excluding hydrogens is 443 g/mol. The van der Waals surface area contributed by atoms with Crippen molar-refractivity contribution in [3.05, 3.63) is 60.4 Å². The van der Waals surface area contributed by atoms with Gasteiger partial charge in [-0.3, -0.25) is 9.88 Å². The number of pyridine rings is 1. The molecule has 4 atom stereocenters. The lowest BCUT2D eigenvalue weighted by Crippen LogP contribution is -2.26. The molecule has 3 fully saturated rings. The number of fused-ring (bicyclic) bond motifs is 1. The second kappa shape index (κ2) is 7.56. The van der Waals surface area contributed by atoms with Crippen LogP contribution in [0.1, 0.15) is 5.69 Å². The van der Waals surface area contributed by atoms with E-state index in [4.69, 9.17) is 4.74 Å². The van der Waals surface area contributed by atoms with Crippen LogP contribution in [0.4, 0.5) is 14.9 Å². The van der Waals surface area contributed by atoms with Gasteiger partial charge in [-0.1, -0.05) is 11.3 Å². The molecule has 0 radical (unpaired) electrons. The standard InChI is InChI=1S/C23H19FN6O2S/c24-20-7-15(30-10-16(32-22(30)31)9-29-6-5-27-28-29)2-3-17(20)14-1-4-21(26-8-14)23(13-25)18-11-33-12-19(18)23/h1-8,16,18-19H,9-12H2/t16-,18-,19+,23+/m0/s1. The van der Waals surface area contributed by atoms with E-state index in [2.05, 4.69) is 21.4 Å². The number of ether oxygens (including phenoxy) is 1. The lowest BCUT2D eigenvalue weighted by atomic mass is 9.97. The fourth-order valence-electron chi connectivity index (χ4n) is 5.03. The molecule has 2 aliphatic heterocycles. The molecule has 2 aromatic heterocycles. The van der Waals surface area contributed by atoms with Crippen molar-refractivity contribution in [2.24, 2.45) is 11.8 Å². The highest BCUT2D eigenvalue weighted by atomic mass is 32.2. The Morgan fingerprint density at radius 3 is 2.79 bits per heavy atom. The first-order chi connectivity index (χ1) is 16.1. The molecule has 6 rings (SSSR count). The van der Waals surface area contributed by atoms with Crippen molar-refractivity contribution in [2.75, 3.05) is 23.0 Å². The fraction of sp³-hybridized carbons (Fsp3) is 0.348. The van der Waals surface area contributed by atoms with Crippen LogP contribution in [-0.2, 0) is 16.7 Å². The first-order valence-corrected chi connectivity index (χ1v) is 11.8. The number of carbonyl (C=O) groups is 1. The Bertz CT molecular complexity index is 1250. The van der Waals surface area contributed by atoms with Gasteiger partial charge in [0.25, 0.3) is 0 Å². The van der Waals surface area contributed by atoms with Crippen molar-refractivity contribution in [3.8, 4) is 17.2 Å². The minimum atomic E-state index is -0.520. The summed E-state index contributed by atoms with van der Waals surface area (Å²) in [5.74, 6) is 2.28. The number of rotatable bonds is 5. The quantitative estimate of drug-likeness (QED) is 0.574. The fourth-order valence-corrected chi connectivity index (χ4v) is 6.66. The van der Waals surface area contributed by atoms with Crippen LogP contribution in [0.25, 0.3) is 11.1 Å². The minimum Gasteiger partial charge on any atom is -0.442 e. The van der Waals surface area contributed by atoms with E-state index in [1.54, 1.807) is 35.4 Å². The second-order valence-corrected chi connectivity index (χ2v) is 9.64. The summed E-state index contributed by atoms with van der Waals surface area (Å²) in [4.78, 5) is 18.3. The van der Waals surface area contributed by atoms with E-state index in [1.807, 2.05) is 23.9 Å². The lowest BCUT2D eigenvalue weighted by molar-refractivity contribution is 0.129. The third-order valence-electron chi connectivity index (χ3n) is 6.83. The van der Waals surface area contributed by atoms with Gasteiger partial charge in [-0.15, -0.1) is 5.10 Å². The van der Waals surface area contributed by atoms with Crippen molar-refractivity contribution in [1.82, 2.24) is 20.0 Å². The monoisotopic (exact) mass is 462 g/mol. The number of cyclic esters (lactones) is 1. The van der Waals surface area contributed by atoms with Gasteiger partial charge in [0, 0.05) is 23.5 Å². The molecule has 0 spiro atoms. The van der Waals surface area contributed by atoms with Crippen LogP contribution in [-0.4, -0.2) is 50.2 Å². The number of anilines is 1. The number of amides is 1. The summed E-state index contributed by atoms with van der Waals surface area (Å²) in [5.41, 5.74) is 1.75. The predicted octanol–water partition coefficient (Wildman–Crippen LogP) is 3.26. The Labute approximate surface area is 193 Å². The molecule has 1 amide bonds. The van der Waals surface area contributed by atoms with Crippen LogP contribution in [0, 0.1) is 29.0 Å². The molecule has 4 heterocycles. The molecule has 3 aromatic rings. The van der Waals surface area contributed by atoms with Gasteiger partial charge in [-0.05, 0) is 47.6 Å². The van der Waals surface area contributed by atoms with Crippen LogP contribution >= 0.6 is 11.8 Å². The first kappa shape index (κ1) is 20.2. The van der Waals surface area contributed by atoms with E-state index in [1.165, 1.54) is 11.0 Å². The summed E-state index contributed by atoms with van der Waals surface area (Å²) >= 11 is 1.89. The largest absolute Gasteiger partial charge is 0.442 e. The molecule has 0 unspecified atom stereocenters. The van der Waals surface area contributed by atoms with Gasteiger partial charge in [0.15, 0.2) is 0 Å². The number of halogens is 1. The van der Waals surface area contributed by atoms with Crippen LogP contribution in [0.3, 0.4) is 0 Å². The molecular formula is C23H19FN6O2S. The number of carbonyl (C=O) groups excluding carboxylic acids is 1. The number of hydrogen-bond acceptors (Lipinski definition) is 7. The molecule has 8 nitrogen and oxygen atoms in total. The molecule has 166 valence electrons. The first-order valence-electron chi connectivity index (χ1n) is 10.7. The van der Waals surface area contributed by atoms with Crippen LogP contribution in [0.15, 0.2) is 48.9 Å². The van der Waals surface area contributed by atoms with Crippen LogP contribution in [0.5, 0.6) is 0 Å². The third-order valence-corrected chi connectivity index (χ3v) is 8.02. The topological polar surface area (TPSA) is 96.9 Å². The van der Waals surface area contributed by atoms with Gasteiger partial charge in [0.05, 0.1) is 36.7 Å². The molecule has 0 bridgehead atoms. The van der Waals surface area contributed by atoms with E-state index in [0.717, 1.165) is 17.2 Å². The Hall–Kier alpha value is -3.45. The molecule has 1 aliphatic carbocycles. The Morgan fingerprint density at radius 1 is 1.27 bits per heavy atom. The second-order valence-electron chi connectivity index (χ2n) is 8.57. The minimum absolute atomic E-state index is 0.296. The molecule has 1 aromatic carbocycles. The van der Waals surface area contributed by atoms with Gasteiger partial charge in [-0.2, -0.15) is 17.0 Å². The number of nitrogens with zero attached hydrogens (tertiary/aromatic N) is 6. The normalized spacial score (nSPS) is 27.8. The zero-order valence-electron chi connectivity index (χ0n) is 17.5. The zero-order valence-corrected chi connectivity index (χ0v) is 18.3.